The minimum atomic E-state index is -0.860. The number of likely N-dealkylation sites (tertiary alicyclic amines) is 1. The second-order valence-electron chi connectivity index (χ2n) is 14.1. The van der Waals surface area contributed by atoms with Crippen molar-refractivity contribution < 1.29 is 19.1 Å². The molecule has 0 aromatic carbocycles. The van der Waals surface area contributed by atoms with E-state index in [0.717, 1.165) is 98.7 Å². The number of fused-ring (bicyclic) bond motifs is 4. The Hall–Kier alpha value is -2.27. The standard InChI is InChI=1S/C32H48N6O4/c1-21(24-11-9-16-36(24)4)38-17-12-23-28(37(5)20-30(2,3)39)33-27(34-29(23)38)25-22-10-8-14-31(26(22)42-35-25)13-6-7-15-32(31)40-18-19-41-32/h21,24,39H,6-20H2,1-5H3/t21?,24-,31-/m0/s1. The highest BCUT2D eigenvalue weighted by atomic mass is 16.7. The van der Waals surface area contributed by atoms with Gasteiger partial charge in [-0.15, -0.1) is 0 Å². The maximum Gasteiger partial charge on any atom is 0.186 e. The third-order valence-electron chi connectivity index (χ3n) is 10.8. The SMILES string of the molecule is CC([C@@H]1CCCN1C)N1CCc2c(N(C)CC(C)(C)O)nc(-c3noc4c3CCC[C@@]43CCCCC34OCCO4)nc21. The highest BCUT2D eigenvalue weighted by Gasteiger charge is 2.61. The maximum absolute atomic E-state index is 10.7. The van der Waals surface area contributed by atoms with Crippen LogP contribution in [0.4, 0.5) is 11.6 Å². The van der Waals surface area contributed by atoms with Crippen molar-refractivity contribution in [3.63, 3.8) is 0 Å². The van der Waals surface area contributed by atoms with Crippen molar-refractivity contribution in [2.75, 3.05) is 56.7 Å². The molecule has 10 heteroatoms. The molecule has 1 saturated carbocycles. The fourth-order valence-corrected chi connectivity index (χ4v) is 8.95. The molecular formula is C32H48N6O4. The third-order valence-corrected chi connectivity index (χ3v) is 10.8. The lowest BCUT2D eigenvalue weighted by Crippen LogP contribution is -2.56. The summed E-state index contributed by atoms with van der Waals surface area (Å²) in [6, 6.07) is 0.836. The number of anilines is 2. The molecule has 3 atom stereocenters. The van der Waals surface area contributed by atoms with Gasteiger partial charge in [0.1, 0.15) is 11.6 Å². The van der Waals surface area contributed by atoms with Crippen molar-refractivity contribution in [2.24, 2.45) is 0 Å². The molecule has 3 fully saturated rings. The Morgan fingerprint density at radius 1 is 1.02 bits per heavy atom. The minimum Gasteiger partial charge on any atom is -0.389 e. The molecule has 2 saturated heterocycles. The van der Waals surface area contributed by atoms with Crippen LogP contribution in [0.5, 0.6) is 0 Å². The second-order valence-corrected chi connectivity index (χ2v) is 14.1. The molecule has 1 unspecified atom stereocenters. The number of nitrogens with zero attached hydrogens (tertiary/aromatic N) is 6. The quantitative estimate of drug-likeness (QED) is 0.538. The van der Waals surface area contributed by atoms with E-state index in [2.05, 4.69) is 28.7 Å². The minimum absolute atomic E-state index is 0.314. The first-order valence-electron chi connectivity index (χ1n) is 16.2. The number of rotatable bonds is 6. The van der Waals surface area contributed by atoms with E-state index in [0.29, 0.717) is 37.7 Å². The van der Waals surface area contributed by atoms with Crippen molar-refractivity contribution in [3.05, 3.63) is 16.9 Å². The van der Waals surface area contributed by atoms with Gasteiger partial charge < -0.3 is 33.8 Å². The molecule has 1 N–H and O–H groups in total. The van der Waals surface area contributed by atoms with E-state index in [4.69, 9.17) is 29.1 Å². The Labute approximate surface area is 249 Å². The number of aliphatic hydroxyl groups is 1. The lowest BCUT2D eigenvalue weighted by Gasteiger charge is -2.50. The van der Waals surface area contributed by atoms with Crippen LogP contribution in [-0.4, -0.2) is 95.5 Å². The van der Waals surface area contributed by atoms with Crippen LogP contribution in [0.2, 0.25) is 0 Å². The number of hydrogen-bond acceptors (Lipinski definition) is 10. The predicted octanol–water partition coefficient (Wildman–Crippen LogP) is 4.08. The molecule has 3 aliphatic heterocycles. The molecule has 10 nitrogen and oxygen atoms in total. The van der Waals surface area contributed by atoms with Crippen molar-refractivity contribution in [2.45, 2.75) is 114 Å². The van der Waals surface area contributed by atoms with Gasteiger partial charge in [-0.3, -0.25) is 0 Å². The van der Waals surface area contributed by atoms with Gasteiger partial charge in [0.15, 0.2) is 23.1 Å². The second kappa shape index (κ2) is 10.4. The van der Waals surface area contributed by atoms with Gasteiger partial charge >= 0.3 is 0 Å². The largest absolute Gasteiger partial charge is 0.389 e. The number of likely N-dealkylation sites (N-methyl/N-ethyl adjacent to an activating group) is 2. The highest BCUT2D eigenvalue weighted by Crippen LogP contribution is 2.57. The number of aromatic nitrogens is 3. The van der Waals surface area contributed by atoms with E-state index in [1.165, 1.54) is 12.8 Å². The van der Waals surface area contributed by atoms with Gasteiger partial charge in [-0.1, -0.05) is 11.6 Å². The number of hydrogen-bond donors (Lipinski definition) is 1. The van der Waals surface area contributed by atoms with Gasteiger partial charge in [-0.05, 0) is 85.7 Å². The Bertz CT molecular complexity index is 1320. The highest BCUT2D eigenvalue weighted by molar-refractivity contribution is 5.70. The summed E-state index contributed by atoms with van der Waals surface area (Å²) in [5.74, 6) is 2.81. The smallest absolute Gasteiger partial charge is 0.186 e. The predicted molar refractivity (Wildman–Crippen MR) is 161 cm³/mol. The van der Waals surface area contributed by atoms with Crippen LogP contribution in [0, 0.1) is 0 Å². The normalized spacial score (nSPS) is 28.0. The van der Waals surface area contributed by atoms with E-state index in [1.807, 2.05) is 20.9 Å². The first-order chi connectivity index (χ1) is 20.1. The van der Waals surface area contributed by atoms with E-state index in [9.17, 15) is 5.11 Å². The van der Waals surface area contributed by atoms with Gasteiger partial charge in [0, 0.05) is 49.8 Å². The van der Waals surface area contributed by atoms with Crippen LogP contribution in [0.15, 0.2) is 4.52 Å². The van der Waals surface area contributed by atoms with Crippen molar-refractivity contribution in [1.82, 2.24) is 20.0 Å². The molecular weight excluding hydrogens is 532 g/mol. The monoisotopic (exact) mass is 580 g/mol. The maximum atomic E-state index is 10.7. The molecule has 0 amide bonds. The average Bonchev–Trinajstić information content (AvgIpc) is 3.75. The van der Waals surface area contributed by atoms with E-state index in [-0.39, 0.29) is 5.41 Å². The summed E-state index contributed by atoms with van der Waals surface area (Å²) in [6.07, 6.45) is 10.3. The first-order valence-corrected chi connectivity index (χ1v) is 16.2. The first kappa shape index (κ1) is 28.5. The fraction of sp³-hybridized carbons (Fsp3) is 0.781. The molecule has 42 heavy (non-hydrogen) atoms. The summed E-state index contributed by atoms with van der Waals surface area (Å²) in [5.41, 5.74) is 1.85. The zero-order valence-electron chi connectivity index (χ0n) is 26.1. The molecule has 5 aliphatic rings. The van der Waals surface area contributed by atoms with Gasteiger partial charge in [0.2, 0.25) is 0 Å². The summed E-state index contributed by atoms with van der Waals surface area (Å²) in [5, 5.41) is 15.4. The van der Waals surface area contributed by atoms with Crippen LogP contribution in [0.1, 0.15) is 89.0 Å². The Morgan fingerprint density at radius 3 is 2.52 bits per heavy atom. The van der Waals surface area contributed by atoms with E-state index in [1.54, 1.807) is 0 Å². The Kier molecular flexibility index (Phi) is 7.07. The third kappa shape index (κ3) is 4.47. The molecule has 0 bridgehead atoms. The molecule has 7 rings (SSSR count). The van der Waals surface area contributed by atoms with Crippen molar-refractivity contribution in [3.8, 4) is 11.5 Å². The van der Waals surface area contributed by atoms with Crippen LogP contribution in [-0.2, 0) is 27.7 Å². The molecule has 2 aliphatic carbocycles. The van der Waals surface area contributed by atoms with Crippen molar-refractivity contribution in [1.29, 1.82) is 0 Å². The number of ether oxygens (including phenoxy) is 2. The van der Waals surface area contributed by atoms with Gasteiger partial charge in [-0.25, -0.2) is 9.97 Å². The van der Waals surface area contributed by atoms with E-state index < -0.39 is 11.4 Å². The summed E-state index contributed by atoms with van der Waals surface area (Å²) in [4.78, 5) is 17.5. The summed E-state index contributed by atoms with van der Waals surface area (Å²) in [7, 11) is 4.27. The lowest BCUT2D eigenvalue weighted by molar-refractivity contribution is -0.235. The van der Waals surface area contributed by atoms with Gasteiger partial charge in [-0.2, -0.15) is 0 Å². The molecule has 2 aromatic rings. The van der Waals surface area contributed by atoms with Crippen molar-refractivity contribution >= 4 is 11.6 Å². The summed E-state index contributed by atoms with van der Waals surface area (Å²) < 4.78 is 19.2. The lowest BCUT2D eigenvalue weighted by atomic mass is 9.61. The topological polar surface area (TPSA) is 100 Å². The zero-order valence-corrected chi connectivity index (χ0v) is 26.1. The molecule has 5 heterocycles. The summed E-state index contributed by atoms with van der Waals surface area (Å²) in [6.45, 7) is 9.82. The van der Waals surface area contributed by atoms with Crippen LogP contribution in [0.3, 0.4) is 0 Å². The van der Waals surface area contributed by atoms with Gasteiger partial charge in [0.05, 0.1) is 24.2 Å². The molecule has 2 aromatic heterocycles. The van der Waals surface area contributed by atoms with Crippen LogP contribution in [0.25, 0.3) is 11.5 Å². The molecule has 230 valence electrons. The Balaban J connectivity index is 1.33. The molecule has 2 spiro atoms. The van der Waals surface area contributed by atoms with Crippen LogP contribution >= 0.6 is 0 Å². The summed E-state index contributed by atoms with van der Waals surface area (Å²) >= 11 is 0. The Morgan fingerprint density at radius 2 is 1.79 bits per heavy atom. The van der Waals surface area contributed by atoms with Crippen LogP contribution < -0.4 is 9.80 Å². The van der Waals surface area contributed by atoms with Gasteiger partial charge in [0.25, 0.3) is 0 Å². The average molecular weight is 581 g/mol. The zero-order chi connectivity index (χ0) is 29.3. The fourth-order valence-electron chi connectivity index (χ4n) is 8.95. The molecule has 0 radical (unpaired) electrons. The van der Waals surface area contributed by atoms with E-state index >= 15 is 0 Å².